The maximum absolute atomic E-state index is 13.3. The first-order valence-electron chi connectivity index (χ1n) is 15.8. The zero-order valence-corrected chi connectivity index (χ0v) is 26.8. The van der Waals surface area contributed by atoms with Crippen molar-refractivity contribution in [2.45, 2.75) is 82.3 Å². The fourth-order valence-corrected chi connectivity index (χ4v) is 5.78. The predicted octanol–water partition coefficient (Wildman–Crippen LogP) is 3.89. The van der Waals surface area contributed by atoms with Crippen LogP contribution in [0.4, 0.5) is 0 Å². The number of hydrogen-bond acceptors (Lipinski definition) is 8. The van der Waals surface area contributed by atoms with Gasteiger partial charge in [-0.05, 0) is 51.0 Å². The molecule has 5 rings (SSSR count). The van der Waals surface area contributed by atoms with Crippen molar-refractivity contribution < 1.29 is 38.8 Å². The molecule has 1 aliphatic heterocycles. The summed E-state index contributed by atoms with van der Waals surface area (Å²) < 4.78 is 18.3. The molecule has 0 radical (unpaired) electrons. The lowest BCUT2D eigenvalue weighted by atomic mass is 9.92. The summed E-state index contributed by atoms with van der Waals surface area (Å²) in [5.74, 6) is -2.42. The van der Waals surface area contributed by atoms with Crippen LogP contribution in [-0.2, 0) is 36.1 Å². The van der Waals surface area contributed by atoms with Crippen molar-refractivity contribution in [2.75, 3.05) is 6.61 Å². The Bertz CT molecular complexity index is 1550. The first kappa shape index (κ1) is 34.0. The van der Waals surface area contributed by atoms with E-state index in [4.69, 9.17) is 14.2 Å². The summed E-state index contributed by atoms with van der Waals surface area (Å²) in [6.45, 7) is 5.13. The molecule has 4 atom stereocenters. The minimum atomic E-state index is -1.24. The van der Waals surface area contributed by atoms with Crippen molar-refractivity contribution in [2.24, 2.45) is 0 Å². The van der Waals surface area contributed by atoms with E-state index < -0.39 is 47.6 Å². The molecule has 3 aromatic rings. The highest BCUT2D eigenvalue weighted by molar-refractivity contribution is 5.95. The van der Waals surface area contributed by atoms with Crippen LogP contribution in [-0.4, -0.2) is 64.6 Å². The minimum Gasteiger partial charge on any atom is -0.460 e. The molecule has 0 unspecified atom stereocenters. The van der Waals surface area contributed by atoms with Crippen LogP contribution in [0.1, 0.15) is 67.1 Å². The first-order chi connectivity index (χ1) is 22.5. The number of ether oxygens (including phenoxy) is 3. The molecule has 0 spiro atoms. The van der Waals surface area contributed by atoms with Gasteiger partial charge in [0.05, 0.1) is 18.8 Å². The van der Waals surface area contributed by atoms with Crippen molar-refractivity contribution in [1.82, 2.24) is 10.6 Å². The highest BCUT2D eigenvalue weighted by atomic mass is 16.8. The number of hydrogen-bond donors (Lipinski definition) is 4. The average molecular weight is 643 g/mol. The van der Waals surface area contributed by atoms with Crippen molar-refractivity contribution in [1.29, 1.82) is 0 Å². The molecule has 1 fully saturated rings. The molecule has 1 aliphatic carbocycles. The number of aliphatic hydroxyl groups is 2. The van der Waals surface area contributed by atoms with Gasteiger partial charge in [-0.15, -0.1) is 0 Å². The van der Waals surface area contributed by atoms with Gasteiger partial charge < -0.3 is 35.1 Å². The molecule has 3 aromatic carbocycles. The molecule has 1 heterocycles. The Morgan fingerprint density at radius 3 is 2.21 bits per heavy atom. The molecule has 0 aromatic heterocycles. The molecule has 0 saturated carbocycles. The van der Waals surface area contributed by atoms with Crippen LogP contribution in [0.2, 0.25) is 0 Å². The van der Waals surface area contributed by atoms with Crippen LogP contribution in [0, 0.1) is 0 Å². The smallest absolute Gasteiger partial charge is 0.306 e. The summed E-state index contributed by atoms with van der Waals surface area (Å²) in [6, 6.07) is 25.2. The van der Waals surface area contributed by atoms with Crippen molar-refractivity contribution in [3.8, 4) is 0 Å². The number of aliphatic hydroxyl groups excluding tert-OH is 2. The Morgan fingerprint density at radius 2 is 1.60 bits per heavy atom. The highest BCUT2D eigenvalue weighted by Gasteiger charge is 2.53. The van der Waals surface area contributed by atoms with Crippen LogP contribution in [0.5, 0.6) is 0 Å². The number of rotatable bonds is 11. The molecular weight excluding hydrogens is 600 g/mol. The van der Waals surface area contributed by atoms with Gasteiger partial charge in [-0.2, -0.15) is 0 Å². The summed E-state index contributed by atoms with van der Waals surface area (Å²) in [7, 11) is 0. The maximum atomic E-state index is 13.3. The van der Waals surface area contributed by atoms with E-state index in [1.54, 1.807) is 51.1 Å². The van der Waals surface area contributed by atoms with E-state index in [9.17, 15) is 24.6 Å². The molecule has 0 bridgehead atoms. The quantitative estimate of drug-likeness (QED) is 0.231. The summed E-state index contributed by atoms with van der Waals surface area (Å²) in [4.78, 5) is 38.3. The topological polar surface area (TPSA) is 143 Å². The lowest BCUT2D eigenvalue weighted by Crippen LogP contribution is -2.41. The molecule has 10 heteroatoms. The zero-order chi connectivity index (χ0) is 33.6. The third-order valence-electron chi connectivity index (χ3n) is 8.02. The van der Waals surface area contributed by atoms with Crippen LogP contribution >= 0.6 is 0 Å². The summed E-state index contributed by atoms with van der Waals surface area (Å²) >= 11 is 0. The normalized spacial score (nSPS) is 20.8. The second kappa shape index (κ2) is 14.6. The number of amides is 2. The molecular formula is C37H42N2O8. The SMILES string of the molecule is CC(C)(C)OC(=O)CC[C@@H](CO)NC(=O)c1cccc(CNC(=O)C2=C[C@H]3OC(c4ccccc4)(c4ccccc4)O[C@H]3[C@H](O)C2)c1. The molecule has 2 aliphatic rings. The molecule has 248 valence electrons. The number of carbonyl (C=O) groups is 3. The second-order valence-electron chi connectivity index (χ2n) is 12.8. The van der Waals surface area contributed by atoms with Gasteiger partial charge >= 0.3 is 5.97 Å². The fraction of sp³-hybridized carbons (Fsp3) is 0.378. The van der Waals surface area contributed by atoms with Crippen LogP contribution in [0.15, 0.2) is 96.6 Å². The Kier molecular flexibility index (Phi) is 10.6. The van der Waals surface area contributed by atoms with E-state index in [1.807, 2.05) is 60.7 Å². The molecule has 1 saturated heterocycles. The van der Waals surface area contributed by atoms with E-state index in [0.717, 1.165) is 11.1 Å². The van der Waals surface area contributed by atoms with Crippen LogP contribution < -0.4 is 10.6 Å². The summed E-state index contributed by atoms with van der Waals surface area (Å²) in [5, 5.41) is 26.5. The third-order valence-corrected chi connectivity index (χ3v) is 8.02. The number of esters is 1. The van der Waals surface area contributed by atoms with Crippen molar-refractivity contribution in [3.05, 3.63) is 119 Å². The monoisotopic (exact) mass is 642 g/mol. The Balaban J connectivity index is 1.21. The van der Waals surface area contributed by atoms with Crippen LogP contribution in [0.3, 0.4) is 0 Å². The van der Waals surface area contributed by atoms with E-state index in [0.29, 0.717) is 16.7 Å². The van der Waals surface area contributed by atoms with Gasteiger partial charge in [0, 0.05) is 41.6 Å². The van der Waals surface area contributed by atoms with E-state index in [-0.39, 0.29) is 38.3 Å². The van der Waals surface area contributed by atoms with E-state index in [2.05, 4.69) is 10.6 Å². The van der Waals surface area contributed by atoms with E-state index >= 15 is 0 Å². The zero-order valence-electron chi connectivity index (χ0n) is 26.8. The standard InChI is InChI=1S/C37H42N2O8/c1-36(2,3)46-32(42)18-17-29(23-40)39-35(44)25-12-10-11-24(19-25)22-38-34(43)26-20-30(41)33-31(21-26)45-37(47-33,27-13-6-4-7-14-27)28-15-8-5-9-16-28/h4-16,19,21,29-31,33,40-41H,17-18,20,22-23H2,1-3H3,(H,38,43)(H,39,44)/t29-,30+,31+,33-/m0/s1. The summed E-state index contributed by atoms with van der Waals surface area (Å²) in [6.07, 6.45) is -0.224. The van der Waals surface area contributed by atoms with Gasteiger partial charge in [0.1, 0.15) is 17.8 Å². The van der Waals surface area contributed by atoms with Gasteiger partial charge in [-0.3, -0.25) is 14.4 Å². The first-order valence-corrected chi connectivity index (χ1v) is 15.8. The number of carbonyl (C=O) groups excluding carboxylic acids is 3. The number of nitrogens with one attached hydrogen (secondary N) is 2. The third kappa shape index (κ3) is 8.33. The largest absolute Gasteiger partial charge is 0.460 e. The van der Waals surface area contributed by atoms with Gasteiger partial charge in [0.25, 0.3) is 5.91 Å². The van der Waals surface area contributed by atoms with Gasteiger partial charge in [-0.1, -0.05) is 72.8 Å². The van der Waals surface area contributed by atoms with Gasteiger partial charge in [0.15, 0.2) is 0 Å². The average Bonchev–Trinajstić information content (AvgIpc) is 3.47. The summed E-state index contributed by atoms with van der Waals surface area (Å²) in [5.41, 5.74) is 2.36. The Morgan fingerprint density at radius 1 is 0.936 bits per heavy atom. The van der Waals surface area contributed by atoms with Gasteiger partial charge in [0.2, 0.25) is 11.7 Å². The van der Waals surface area contributed by atoms with E-state index in [1.165, 1.54) is 0 Å². The van der Waals surface area contributed by atoms with Crippen molar-refractivity contribution >= 4 is 17.8 Å². The lowest BCUT2D eigenvalue weighted by molar-refractivity contribution is -0.156. The van der Waals surface area contributed by atoms with Crippen LogP contribution in [0.25, 0.3) is 0 Å². The molecule has 4 N–H and O–H groups in total. The highest BCUT2D eigenvalue weighted by Crippen LogP contribution is 2.46. The maximum Gasteiger partial charge on any atom is 0.306 e. The number of fused-ring (bicyclic) bond motifs is 1. The Hall–Kier alpha value is -4.35. The second-order valence-corrected chi connectivity index (χ2v) is 12.8. The lowest BCUT2D eigenvalue weighted by Gasteiger charge is -2.29. The molecule has 10 nitrogen and oxygen atoms in total. The Labute approximate surface area is 274 Å². The molecule has 2 amide bonds. The van der Waals surface area contributed by atoms with Gasteiger partial charge in [-0.25, -0.2) is 0 Å². The number of benzene rings is 3. The van der Waals surface area contributed by atoms with Crippen molar-refractivity contribution in [3.63, 3.8) is 0 Å². The minimum absolute atomic E-state index is 0.0532. The molecule has 47 heavy (non-hydrogen) atoms. The predicted molar refractivity (Wildman–Crippen MR) is 174 cm³/mol. The fourth-order valence-electron chi connectivity index (χ4n) is 5.78.